The molecule has 2 nitrogen and oxygen atoms in total. The van der Waals surface area contributed by atoms with Crippen LogP contribution in [0.5, 0.6) is 0 Å². The van der Waals surface area contributed by atoms with Gasteiger partial charge in [-0.25, -0.2) is 13.6 Å². The monoisotopic (exact) mass is 223 g/mol. The minimum absolute atomic E-state index is 0.188. The van der Waals surface area contributed by atoms with Crippen LogP contribution in [0.1, 0.15) is 30.9 Å². The Morgan fingerprint density at radius 3 is 2.62 bits per heavy atom. The lowest BCUT2D eigenvalue weighted by atomic mass is 10.0. The first-order valence-electron chi connectivity index (χ1n) is 5.20. The molecule has 0 bridgehead atoms. The van der Waals surface area contributed by atoms with Gasteiger partial charge in [0.05, 0.1) is 0 Å². The fourth-order valence-corrected chi connectivity index (χ4v) is 1.84. The smallest absolute Gasteiger partial charge is 0.211 e. The van der Waals surface area contributed by atoms with Crippen LogP contribution >= 0.6 is 0 Å². The van der Waals surface area contributed by atoms with Gasteiger partial charge < -0.3 is 0 Å². The zero-order valence-corrected chi connectivity index (χ0v) is 8.89. The van der Waals surface area contributed by atoms with Crippen molar-refractivity contribution in [3.8, 4) is 0 Å². The zero-order chi connectivity index (χ0) is 11.8. The number of benzene rings is 1. The summed E-state index contributed by atoms with van der Waals surface area (Å²) in [4.78, 5) is 13.9. The maximum atomic E-state index is 13.6. The molecule has 1 aromatic rings. The summed E-state index contributed by atoms with van der Waals surface area (Å²) in [6, 6.07) is 2.77. The van der Waals surface area contributed by atoms with Crippen molar-refractivity contribution in [1.82, 2.24) is 0 Å². The first kappa shape index (κ1) is 11.0. The normalized spacial score (nSPS) is 16.7. The molecule has 0 aliphatic heterocycles. The third-order valence-corrected chi connectivity index (χ3v) is 2.98. The van der Waals surface area contributed by atoms with Gasteiger partial charge in [-0.2, -0.15) is 4.99 Å². The Kier molecular flexibility index (Phi) is 2.60. The predicted octanol–water partition coefficient (Wildman–Crippen LogP) is 2.85. The summed E-state index contributed by atoms with van der Waals surface area (Å²) in [6.07, 6.45) is 3.21. The van der Waals surface area contributed by atoms with Crippen molar-refractivity contribution in [1.29, 1.82) is 0 Å². The topological polar surface area (TPSA) is 29.4 Å². The molecule has 0 saturated heterocycles. The van der Waals surface area contributed by atoms with E-state index < -0.39 is 17.2 Å². The van der Waals surface area contributed by atoms with Gasteiger partial charge in [-0.05, 0) is 30.9 Å². The van der Waals surface area contributed by atoms with E-state index in [1.807, 2.05) is 6.92 Å². The summed E-state index contributed by atoms with van der Waals surface area (Å²) in [5.41, 5.74) is 0.0478. The van der Waals surface area contributed by atoms with Crippen molar-refractivity contribution in [2.45, 2.75) is 31.7 Å². The summed E-state index contributed by atoms with van der Waals surface area (Å²) in [6.45, 7) is 1.86. The lowest BCUT2D eigenvalue weighted by Gasteiger charge is -2.11. The first-order chi connectivity index (χ1) is 7.63. The van der Waals surface area contributed by atoms with Crippen LogP contribution in [0.3, 0.4) is 0 Å². The third kappa shape index (κ3) is 1.65. The number of carbonyl (C=O) groups excluding carboxylic acids is 1. The summed E-state index contributed by atoms with van der Waals surface area (Å²) in [5, 5.41) is 0. The van der Waals surface area contributed by atoms with E-state index in [1.54, 1.807) is 6.07 Å². The zero-order valence-electron chi connectivity index (χ0n) is 8.89. The molecule has 16 heavy (non-hydrogen) atoms. The Labute approximate surface area is 92.0 Å². The first-order valence-corrected chi connectivity index (χ1v) is 5.20. The fourth-order valence-electron chi connectivity index (χ4n) is 1.84. The van der Waals surface area contributed by atoms with Crippen molar-refractivity contribution in [3.63, 3.8) is 0 Å². The molecule has 2 rings (SSSR count). The van der Waals surface area contributed by atoms with E-state index in [1.165, 1.54) is 12.1 Å². The molecule has 0 aromatic heterocycles. The molecule has 0 unspecified atom stereocenters. The summed E-state index contributed by atoms with van der Waals surface area (Å²) in [5.74, 6) is -1.77. The number of halogens is 2. The number of aliphatic imine (C=N–C) groups is 1. The van der Waals surface area contributed by atoms with Crippen LogP contribution in [-0.4, -0.2) is 6.08 Å². The molecule has 0 N–H and O–H groups in total. The molecule has 0 heterocycles. The van der Waals surface area contributed by atoms with Crippen molar-refractivity contribution >= 4 is 6.08 Å². The maximum Gasteiger partial charge on any atom is 0.235 e. The molecule has 84 valence electrons. The molecule has 1 aliphatic carbocycles. The van der Waals surface area contributed by atoms with Gasteiger partial charge in [-0.1, -0.05) is 13.0 Å². The van der Waals surface area contributed by atoms with Crippen molar-refractivity contribution in [2.75, 3.05) is 0 Å². The van der Waals surface area contributed by atoms with Crippen molar-refractivity contribution in [3.05, 3.63) is 34.9 Å². The lowest BCUT2D eigenvalue weighted by molar-refractivity contribution is 0.483. The third-order valence-electron chi connectivity index (χ3n) is 2.98. The van der Waals surface area contributed by atoms with Gasteiger partial charge >= 0.3 is 0 Å². The van der Waals surface area contributed by atoms with Crippen LogP contribution in [-0.2, 0) is 16.8 Å². The SMILES string of the molecule is CCc1cc(F)c(F)c(C2(N=C=O)CC2)c1. The largest absolute Gasteiger partial charge is 0.235 e. The Morgan fingerprint density at radius 2 is 2.12 bits per heavy atom. The molecule has 1 aromatic carbocycles. The molecule has 1 fully saturated rings. The van der Waals surface area contributed by atoms with E-state index >= 15 is 0 Å². The fraction of sp³-hybridized carbons (Fsp3) is 0.417. The molecule has 0 amide bonds. The standard InChI is InChI=1S/C12H11F2NO/c1-2-8-5-9(11(14)10(13)6-8)12(3-4-12)15-7-16/h5-6H,2-4H2,1H3. The minimum Gasteiger partial charge on any atom is -0.211 e. The summed E-state index contributed by atoms with van der Waals surface area (Å²) >= 11 is 0. The van der Waals surface area contributed by atoms with Crippen LogP contribution in [0.25, 0.3) is 0 Å². The maximum absolute atomic E-state index is 13.6. The van der Waals surface area contributed by atoms with Gasteiger partial charge in [-0.15, -0.1) is 0 Å². The predicted molar refractivity (Wildman–Crippen MR) is 54.8 cm³/mol. The molecule has 1 saturated carbocycles. The Morgan fingerprint density at radius 1 is 1.44 bits per heavy atom. The van der Waals surface area contributed by atoms with Gasteiger partial charge in [0.15, 0.2) is 11.6 Å². The Bertz CT molecular complexity index is 474. The van der Waals surface area contributed by atoms with E-state index in [9.17, 15) is 13.6 Å². The van der Waals surface area contributed by atoms with Crippen LogP contribution < -0.4 is 0 Å². The van der Waals surface area contributed by atoms with Crippen LogP contribution in [0, 0.1) is 11.6 Å². The van der Waals surface area contributed by atoms with Gasteiger partial charge in [0.25, 0.3) is 0 Å². The summed E-state index contributed by atoms with van der Waals surface area (Å²) in [7, 11) is 0. The molecule has 0 atom stereocenters. The molecule has 0 radical (unpaired) electrons. The minimum atomic E-state index is -0.895. The average Bonchev–Trinajstić information content (AvgIpc) is 3.03. The highest BCUT2D eigenvalue weighted by Crippen LogP contribution is 2.50. The molecule has 4 heteroatoms. The van der Waals surface area contributed by atoms with Crippen LogP contribution in [0.4, 0.5) is 8.78 Å². The molecule has 1 aliphatic rings. The highest BCUT2D eigenvalue weighted by molar-refractivity contribution is 5.43. The van der Waals surface area contributed by atoms with E-state index in [0.717, 1.165) is 0 Å². The van der Waals surface area contributed by atoms with E-state index in [4.69, 9.17) is 0 Å². The van der Waals surface area contributed by atoms with E-state index in [0.29, 0.717) is 24.8 Å². The van der Waals surface area contributed by atoms with Crippen molar-refractivity contribution in [2.24, 2.45) is 4.99 Å². The quantitative estimate of drug-likeness (QED) is 0.572. The number of aryl methyl sites for hydroxylation is 1. The highest BCUT2D eigenvalue weighted by Gasteiger charge is 2.47. The van der Waals surface area contributed by atoms with E-state index in [2.05, 4.69) is 4.99 Å². The second-order valence-corrected chi connectivity index (χ2v) is 4.03. The van der Waals surface area contributed by atoms with Crippen LogP contribution in [0.15, 0.2) is 17.1 Å². The summed E-state index contributed by atoms with van der Waals surface area (Å²) < 4.78 is 26.9. The molecule has 0 spiro atoms. The average molecular weight is 223 g/mol. The highest BCUT2D eigenvalue weighted by atomic mass is 19.2. The van der Waals surface area contributed by atoms with Gasteiger partial charge in [0.2, 0.25) is 6.08 Å². The van der Waals surface area contributed by atoms with E-state index in [-0.39, 0.29) is 5.56 Å². The second kappa shape index (κ2) is 3.80. The molecular weight excluding hydrogens is 212 g/mol. The number of isocyanates is 1. The van der Waals surface area contributed by atoms with Gasteiger partial charge in [0, 0.05) is 5.56 Å². The Hall–Kier alpha value is -1.54. The Balaban J connectivity index is 2.55. The van der Waals surface area contributed by atoms with Gasteiger partial charge in [0.1, 0.15) is 5.54 Å². The number of hydrogen-bond donors (Lipinski definition) is 0. The van der Waals surface area contributed by atoms with Crippen LogP contribution in [0.2, 0.25) is 0 Å². The number of rotatable bonds is 3. The van der Waals surface area contributed by atoms with Gasteiger partial charge in [-0.3, -0.25) is 0 Å². The number of hydrogen-bond acceptors (Lipinski definition) is 2. The lowest BCUT2D eigenvalue weighted by Crippen LogP contribution is -2.08. The molecular formula is C12H11F2NO. The van der Waals surface area contributed by atoms with Crippen molar-refractivity contribution < 1.29 is 13.6 Å². The second-order valence-electron chi connectivity index (χ2n) is 4.03. The number of nitrogens with zero attached hydrogens (tertiary/aromatic N) is 1.